The summed E-state index contributed by atoms with van der Waals surface area (Å²) in [5, 5.41) is 0. The van der Waals surface area contributed by atoms with Crippen LogP contribution in [-0.4, -0.2) is 13.6 Å². The minimum absolute atomic E-state index is 1.01. The van der Waals surface area contributed by atoms with Crippen LogP contribution in [0.5, 0.6) is 0 Å². The number of rotatable bonds is 5. The van der Waals surface area contributed by atoms with Crippen molar-refractivity contribution in [2.75, 3.05) is 18.5 Å². The number of anilines is 1. The molecule has 94 valence electrons. The number of benzene rings is 2. The Morgan fingerprint density at radius 1 is 0.833 bits per heavy atom. The van der Waals surface area contributed by atoms with Gasteiger partial charge in [-0.3, -0.25) is 0 Å². The van der Waals surface area contributed by atoms with Gasteiger partial charge in [0.1, 0.15) is 0 Å². The van der Waals surface area contributed by atoms with Gasteiger partial charge in [0.25, 0.3) is 0 Å². The van der Waals surface area contributed by atoms with Crippen LogP contribution in [0.25, 0.3) is 0 Å². The molecule has 0 atom stereocenters. The summed E-state index contributed by atoms with van der Waals surface area (Å²) < 4.78 is 0. The third-order valence-corrected chi connectivity index (χ3v) is 3.19. The van der Waals surface area contributed by atoms with Crippen molar-refractivity contribution in [3.8, 4) is 0 Å². The first-order valence-corrected chi connectivity index (χ1v) is 6.63. The molecule has 0 saturated carbocycles. The van der Waals surface area contributed by atoms with E-state index in [4.69, 9.17) is 0 Å². The van der Waals surface area contributed by atoms with Crippen LogP contribution in [0.4, 0.5) is 5.69 Å². The highest BCUT2D eigenvalue weighted by molar-refractivity contribution is 5.47. The molecule has 2 aromatic carbocycles. The second-order valence-corrected chi connectivity index (χ2v) is 4.75. The van der Waals surface area contributed by atoms with Crippen molar-refractivity contribution in [2.45, 2.75) is 19.8 Å². The summed E-state index contributed by atoms with van der Waals surface area (Å²) in [5.74, 6) is 0. The third-order valence-electron chi connectivity index (χ3n) is 3.19. The van der Waals surface area contributed by atoms with Gasteiger partial charge in [-0.2, -0.15) is 0 Å². The summed E-state index contributed by atoms with van der Waals surface area (Å²) in [4.78, 5) is 2.30. The molecule has 1 heteroatoms. The maximum absolute atomic E-state index is 2.30. The van der Waals surface area contributed by atoms with Crippen LogP contribution in [0, 0.1) is 0 Å². The van der Waals surface area contributed by atoms with Crippen LogP contribution in [0.1, 0.15) is 24.5 Å². The Kier molecular flexibility index (Phi) is 4.40. The van der Waals surface area contributed by atoms with Gasteiger partial charge in [0.05, 0.1) is 0 Å². The molecule has 0 N–H and O–H groups in total. The van der Waals surface area contributed by atoms with Gasteiger partial charge in [-0.25, -0.2) is 0 Å². The Labute approximate surface area is 110 Å². The van der Waals surface area contributed by atoms with E-state index in [9.17, 15) is 0 Å². The van der Waals surface area contributed by atoms with Crippen LogP contribution in [0.15, 0.2) is 54.6 Å². The Hall–Kier alpha value is -1.76. The van der Waals surface area contributed by atoms with Gasteiger partial charge >= 0.3 is 0 Å². The molecule has 1 nitrogen and oxygen atoms in total. The molecule has 0 unspecified atom stereocenters. The fraction of sp³-hybridized carbons (Fsp3) is 0.294. The Morgan fingerprint density at radius 2 is 1.44 bits per heavy atom. The van der Waals surface area contributed by atoms with Crippen molar-refractivity contribution in [3.63, 3.8) is 0 Å². The van der Waals surface area contributed by atoms with Gasteiger partial charge < -0.3 is 4.90 Å². The van der Waals surface area contributed by atoms with Crippen LogP contribution in [0.3, 0.4) is 0 Å². The zero-order valence-electron chi connectivity index (χ0n) is 11.3. The smallest absolute Gasteiger partial charge is 0.0363 e. The fourth-order valence-corrected chi connectivity index (χ4v) is 2.16. The second-order valence-electron chi connectivity index (χ2n) is 4.75. The predicted octanol–water partition coefficient (Wildman–Crippen LogP) is 4.12. The Morgan fingerprint density at radius 3 is 2.06 bits per heavy atom. The van der Waals surface area contributed by atoms with Gasteiger partial charge in [0.15, 0.2) is 0 Å². The molecular formula is C17H21N. The molecule has 0 saturated heterocycles. The van der Waals surface area contributed by atoms with Gasteiger partial charge in [-0.05, 0) is 36.1 Å². The summed E-state index contributed by atoms with van der Waals surface area (Å²) in [5.41, 5.74) is 4.04. The van der Waals surface area contributed by atoms with E-state index in [0.717, 1.165) is 13.0 Å². The van der Waals surface area contributed by atoms with Gasteiger partial charge in [0.2, 0.25) is 0 Å². The summed E-state index contributed by atoms with van der Waals surface area (Å²) >= 11 is 0. The first-order chi connectivity index (χ1) is 8.79. The molecule has 0 aliphatic rings. The summed E-state index contributed by atoms with van der Waals surface area (Å²) in [6.07, 6.45) is 2.20. The maximum atomic E-state index is 2.30. The van der Waals surface area contributed by atoms with Crippen LogP contribution in [-0.2, 0) is 6.42 Å². The second kappa shape index (κ2) is 6.25. The highest BCUT2D eigenvalue weighted by Gasteiger charge is 2.00. The Balaban J connectivity index is 2.04. The van der Waals surface area contributed by atoms with E-state index in [2.05, 4.69) is 73.5 Å². The third kappa shape index (κ3) is 3.36. The Bertz CT molecular complexity index is 459. The number of hydrogen-bond donors (Lipinski definition) is 0. The molecule has 0 aliphatic carbocycles. The molecule has 0 aromatic heterocycles. The van der Waals surface area contributed by atoms with E-state index in [-0.39, 0.29) is 0 Å². The van der Waals surface area contributed by atoms with E-state index in [1.54, 1.807) is 0 Å². The molecule has 0 bridgehead atoms. The lowest BCUT2D eigenvalue weighted by atomic mass is 10.0. The van der Waals surface area contributed by atoms with Gasteiger partial charge in [0, 0.05) is 19.3 Å². The lowest BCUT2D eigenvalue weighted by molar-refractivity contribution is 0.852. The highest BCUT2D eigenvalue weighted by Crippen LogP contribution is 2.16. The van der Waals surface area contributed by atoms with Crippen LogP contribution < -0.4 is 4.90 Å². The van der Waals surface area contributed by atoms with E-state index in [1.807, 2.05) is 0 Å². The first kappa shape index (κ1) is 12.7. The maximum Gasteiger partial charge on any atom is 0.0363 e. The quantitative estimate of drug-likeness (QED) is 0.758. The average molecular weight is 239 g/mol. The SMILES string of the molecule is CCCN(C)c1ccc(Cc2ccccc2)cc1. The predicted molar refractivity (Wildman–Crippen MR) is 79.3 cm³/mol. The molecule has 0 spiro atoms. The van der Waals surface area contributed by atoms with Gasteiger partial charge in [-0.1, -0.05) is 49.4 Å². The molecule has 0 aliphatic heterocycles. The topological polar surface area (TPSA) is 3.24 Å². The van der Waals surface area contributed by atoms with Crippen LogP contribution >= 0.6 is 0 Å². The summed E-state index contributed by atoms with van der Waals surface area (Å²) in [6.45, 7) is 3.32. The molecule has 0 amide bonds. The van der Waals surface area contributed by atoms with E-state index in [1.165, 1.54) is 23.2 Å². The lowest BCUT2D eigenvalue weighted by Gasteiger charge is -2.18. The fourth-order valence-electron chi connectivity index (χ4n) is 2.16. The standard InChI is InChI=1S/C17H21N/c1-3-13-18(2)17-11-9-16(10-12-17)14-15-7-5-4-6-8-15/h4-12H,3,13-14H2,1-2H3. The monoisotopic (exact) mass is 239 g/mol. The van der Waals surface area contributed by atoms with Crippen molar-refractivity contribution in [1.29, 1.82) is 0 Å². The molecule has 2 aromatic rings. The molecule has 18 heavy (non-hydrogen) atoms. The van der Waals surface area contributed by atoms with Crippen molar-refractivity contribution in [1.82, 2.24) is 0 Å². The van der Waals surface area contributed by atoms with E-state index < -0.39 is 0 Å². The molecular weight excluding hydrogens is 218 g/mol. The summed E-state index contributed by atoms with van der Waals surface area (Å²) in [7, 11) is 2.15. The zero-order valence-corrected chi connectivity index (χ0v) is 11.3. The molecule has 0 radical (unpaired) electrons. The largest absolute Gasteiger partial charge is 0.375 e. The lowest BCUT2D eigenvalue weighted by Crippen LogP contribution is -2.17. The minimum Gasteiger partial charge on any atom is -0.375 e. The number of hydrogen-bond acceptors (Lipinski definition) is 1. The van der Waals surface area contributed by atoms with E-state index in [0.29, 0.717) is 0 Å². The van der Waals surface area contributed by atoms with Crippen molar-refractivity contribution in [2.24, 2.45) is 0 Å². The average Bonchev–Trinajstić information content (AvgIpc) is 2.41. The molecule has 2 rings (SSSR count). The first-order valence-electron chi connectivity index (χ1n) is 6.63. The molecule has 0 heterocycles. The summed E-state index contributed by atoms with van der Waals surface area (Å²) in [6, 6.07) is 19.5. The van der Waals surface area contributed by atoms with Crippen molar-refractivity contribution >= 4 is 5.69 Å². The van der Waals surface area contributed by atoms with Gasteiger partial charge in [-0.15, -0.1) is 0 Å². The zero-order chi connectivity index (χ0) is 12.8. The highest BCUT2D eigenvalue weighted by atomic mass is 15.1. The van der Waals surface area contributed by atoms with Crippen LogP contribution in [0.2, 0.25) is 0 Å². The minimum atomic E-state index is 1.01. The van der Waals surface area contributed by atoms with E-state index >= 15 is 0 Å². The molecule has 0 fully saturated rings. The van der Waals surface area contributed by atoms with Crippen molar-refractivity contribution < 1.29 is 0 Å². The van der Waals surface area contributed by atoms with Crippen molar-refractivity contribution in [3.05, 3.63) is 65.7 Å². The number of nitrogens with zero attached hydrogens (tertiary/aromatic N) is 1. The normalized spacial score (nSPS) is 10.3.